The van der Waals surface area contributed by atoms with Crippen LogP contribution < -0.4 is 10.6 Å². The van der Waals surface area contributed by atoms with Crippen LogP contribution in [-0.4, -0.2) is 35.5 Å². The van der Waals surface area contributed by atoms with Gasteiger partial charge < -0.3 is 15.7 Å². The molecule has 1 rings (SSSR count). The van der Waals surface area contributed by atoms with Crippen molar-refractivity contribution in [3.8, 4) is 0 Å². The molecule has 108 valence electrons. The molecule has 1 aromatic carbocycles. The number of amides is 2. The van der Waals surface area contributed by atoms with E-state index in [1.165, 1.54) is 6.07 Å². The Balaban J connectivity index is 2.41. The fourth-order valence-electron chi connectivity index (χ4n) is 1.53. The van der Waals surface area contributed by atoms with Crippen LogP contribution in [0.5, 0.6) is 0 Å². The summed E-state index contributed by atoms with van der Waals surface area (Å²) in [6.45, 7) is 1.35. The van der Waals surface area contributed by atoms with Gasteiger partial charge in [-0.15, -0.1) is 0 Å². The first-order chi connectivity index (χ1) is 9.38. The van der Waals surface area contributed by atoms with Crippen LogP contribution in [-0.2, 0) is 9.59 Å². The molecule has 1 atom stereocenters. The highest BCUT2D eigenvalue weighted by Gasteiger charge is 2.12. The highest BCUT2D eigenvalue weighted by molar-refractivity contribution is 6.30. The van der Waals surface area contributed by atoms with Crippen molar-refractivity contribution in [3.05, 3.63) is 34.9 Å². The van der Waals surface area contributed by atoms with Crippen molar-refractivity contribution in [2.75, 3.05) is 6.54 Å². The summed E-state index contributed by atoms with van der Waals surface area (Å²) in [5.41, 5.74) is 0.351. The van der Waals surface area contributed by atoms with Crippen molar-refractivity contribution in [1.29, 1.82) is 0 Å². The van der Waals surface area contributed by atoms with Gasteiger partial charge in [0.1, 0.15) is 0 Å². The zero-order valence-corrected chi connectivity index (χ0v) is 11.6. The molecule has 0 bridgehead atoms. The van der Waals surface area contributed by atoms with E-state index >= 15 is 0 Å². The maximum atomic E-state index is 11.7. The topological polar surface area (TPSA) is 95.5 Å². The third-order valence-corrected chi connectivity index (χ3v) is 2.62. The lowest BCUT2D eigenvalue weighted by molar-refractivity contribution is -0.137. The number of carboxylic acid groups (broad SMARTS) is 1. The van der Waals surface area contributed by atoms with Gasteiger partial charge in [0.2, 0.25) is 5.91 Å². The van der Waals surface area contributed by atoms with E-state index in [1.54, 1.807) is 25.1 Å². The molecule has 0 fully saturated rings. The van der Waals surface area contributed by atoms with Gasteiger partial charge in [0.05, 0.1) is 13.0 Å². The van der Waals surface area contributed by atoms with Crippen molar-refractivity contribution in [2.24, 2.45) is 0 Å². The molecule has 0 aliphatic carbocycles. The number of nitrogens with one attached hydrogen (secondary N) is 2. The molecule has 0 heterocycles. The van der Waals surface area contributed by atoms with E-state index in [0.717, 1.165) is 0 Å². The first-order valence-electron chi connectivity index (χ1n) is 5.93. The van der Waals surface area contributed by atoms with Gasteiger partial charge in [0.25, 0.3) is 5.91 Å². The number of hydrogen-bond donors (Lipinski definition) is 3. The third kappa shape index (κ3) is 5.71. The van der Waals surface area contributed by atoms with E-state index in [1.807, 2.05) is 0 Å². The molecule has 20 heavy (non-hydrogen) atoms. The number of carbonyl (C=O) groups excluding carboxylic acids is 2. The van der Waals surface area contributed by atoms with E-state index in [9.17, 15) is 14.4 Å². The van der Waals surface area contributed by atoms with Crippen LogP contribution >= 0.6 is 11.6 Å². The summed E-state index contributed by atoms with van der Waals surface area (Å²) >= 11 is 5.75. The number of benzene rings is 1. The Morgan fingerprint density at radius 3 is 2.65 bits per heavy atom. The Hall–Kier alpha value is -2.08. The minimum Gasteiger partial charge on any atom is -0.481 e. The van der Waals surface area contributed by atoms with E-state index in [-0.39, 0.29) is 13.0 Å². The van der Waals surface area contributed by atoms with Crippen LogP contribution in [0.1, 0.15) is 23.7 Å². The first-order valence-corrected chi connectivity index (χ1v) is 6.31. The molecule has 0 aliphatic heterocycles. The van der Waals surface area contributed by atoms with Gasteiger partial charge in [-0.3, -0.25) is 14.4 Å². The summed E-state index contributed by atoms with van der Waals surface area (Å²) in [5.74, 6) is -1.87. The van der Waals surface area contributed by atoms with Crippen LogP contribution in [0.3, 0.4) is 0 Å². The molecule has 0 aromatic heterocycles. The maximum absolute atomic E-state index is 11.7. The van der Waals surface area contributed by atoms with Gasteiger partial charge in [-0.2, -0.15) is 0 Å². The Morgan fingerprint density at radius 1 is 1.35 bits per heavy atom. The van der Waals surface area contributed by atoms with Crippen LogP contribution in [0.25, 0.3) is 0 Å². The van der Waals surface area contributed by atoms with Gasteiger partial charge in [-0.1, -0.05) is 17.7 Å². The number of carboxylic acids is 1. The number of halogens is 1. The smallest absolute Gasteiger partial charge is 0.305 e. The van der Waals surface area contributed by atoms with E-state index in [0.29, 0.717) is 10.6 Å². The third-order valence-electron chi connectivity index (χ3n) is 2.38. The molecule has 1 unspecified atom stereocenters. The lowest BCUT2D eigenvalue weighted by atomic mass is 10.2. The first kappa shape index (κ1) is 16.0. The zero-order valence-electron chi connectivity index (χ0n) is 10.9. The van der Waals surface area contributed by atoms with Gasteiger partial charge in [0.15, 0.2) is 0 Å². The van der Waals surface area contributed by atoms with Gasteiger partial charge in [0, 0.05) is 16.6 Å². The minimum atomic E-state index is -0.999. The van der Waals surface area contributed by atoms with E-state index in [4.69, 9.17) is 16.7 Å². The standard InChI is InChI=1S/C13H15ClN2O4/c1-8(5-12(18)19)16-11(17)7-15-13(20)9-3-2-4-10(14)6-9/h2-4,6,8H,5,7H2,1H3,(H,15,20)(H,16,17)(H,18,19). The monoisotopic (exact) mass is 298 g/mol. The van der Waals surface area contributed by atoms with Crippen LogP contribution in [0, 0.1) is 0 Å². The summed E-state index contributed by atoms with van der Waals surface area (Å²) in [4.78, 5) is 33.7. The number of rotatable bonds is 6. The molecular weight excluding hydrogens is 284 g/mol. The molecule has 0 saturated heterocycles. The molecule has 0 spiro atoms. The Labute approximate surface area is 121 Å². The van der Waals surface area contributed by atoms with Crippen molar-refractivity contribution in [3.63, 3.8) is 0 Å². The average molecular weight is 299 g/mol. The maximum Gasteiger partial charge on any atom is 0.305 e. The second-order valence-corrected chi connectivity index (χ2v) is 4.70. The SMILES string of the molecule is CC(CC(=O)O)NC(=O)CNC(=O)c1cccc(Cl)c1. The predicted molar refractivity (Wildman–Crippen MR) is 73.6 cm³/mol. The van der Waals surface area contributed by atoms with Crippen molar-refractivity contribution < 1.29 is 19.5 Å². The molecule has 1 aromatic rings. The Bertz CT molecular complexity index is 519. The quantitative estimate of drug-likeness (QED) is 0.731. The summed E-state index contributed by atoms with van der Waals surface area (Å²) < 4.78 is 0. The fraction of sp³-hybridized carbons (Fsp3) is 0.308. The summed E-state index contributed by atoms with van der Waals surface area (Å²) in [7, 11) is 0. The lowest BCUT2D eigenvalue weighted by Gasteiger charge is -2.12. The Kier molecular flexibility index (Phi) is 5.99. The molecule has 3 N–H and O–H groups in total. The van der Waals surface area contributed by atoms with Crippen LogP contribution in [0.4, 0.5) is 0 Å². The fourth-order valence-corrected chi connectivity index (χ4v) is 1.72. The molecule has 0 aliphatic rings. The largest absolute Gasteiger partial charge is 0.481 e. The highest BCUT2D eigenvalue weighted by atomic mass is 35.5. The van der Waals surface area contributed by atoms with E-state index in [2.05, 4.69) is 10.6 Å². The van der Waals surface area contributed by atoms with Gasteiger partial charge >= 0.3 is 5.97 Å². The zero-order chi connectivity index (χ0) is 15.1. The number of carbonyl (C=O) groups is 3. The molecular formula is C13H15ClN2O4. The van der Waals surface area contributed by atoms with Crippen molar-refractivity contribution >= 4 is 29.4 Å². The molecule has 6 nitrogen and oxygen atoms in total. The Morgan fingerprint density at radius 2 is 2.05 bits per heavy atom. The molecule has 0 radical (unpaired) electrons. The van der Waals surface area contributed by atoms with Gasteiger partial charge in [-0.05, 0) is 25.1 Å². The van der Waals surface area contributed by atoms with Gasteiger partial charge in [-0.25, -0.2) is 0 Å². The van der Waals surface area contributed by atoms with E-state index < -0.39 is 23.8 Å². The number of aliphatic carboxylic acids is 1. The van der Waals surface area contributed by atoms with Crippen molar-refractivity contribution in [2.45, 2.75) is 19.4 Å². The normalized spacial score (nSPS) is 11.5. The minimum absolute atomic E-state index is 0.173. The second-order valence-electron chi connectivity index (χ2n) is 4.26. The average Bonchev–Trinajstić information content (AvgIpc) is 2.34. The molecule has 0 saturated carbocycles. The molecule has 2 amide bonds. The van der Waals surface area contributed by atoms with Crippen LogP contribution in [0.2, 0.25) is 5.02 Å². The number of hydrogen-bond acceptors (Lipinski definition) is 3. The summed E-state index contributed by atoms with van der Waals surface area (Å²) in [6, 6.07) is 5.84. The summed E-state index contributed by atoms with van der Waals surface area (Å²) in [6.07, 6.45) is -0.173. The van der Waals surface area contributed by atoms with Crippen molar-refractivity contribution in [1.82, 2.24) is 10.6 Å². The van der Waals surface area contributed by atoms with Crippen LogP contribution in [0.15, 0.2) is 24.3 Å². The predicted octanol–water partition coefficient (Wildman–Crippen LogP) is 1.05. The highest BCUT2D eigenvalue weighted by Crippen LogP contribution is 2.10. The molecule has 7 heteroatoms. The second kappa shape index (κ2) is 7.49. The lowest BCUT2D eigenvalue weighted by Crippen LogP contribution is -2.41. The summed E-state index contributed by atoms with van der Waals surface area (Å²) in [5, 5.41) is 13.9.